The molecule has 0 spiro atoms. The van der Waals surface area contributed by atoms with E-state index in [1.54, 1.807) is 23.1 Å². The van der Waals surface area contributed by atoms with E-state index in [1.165, 1.54) is 14.2 Å². The van der Waals surface area contributed by atoms with Gasteiger partial charge in [0.1, 0.15) is 0 Å². The highest BCUT2D eigenvalue weighted by atomic mass is 16.7. The summed E-state index contributed by atoms with van der Waals surface area (Å²) in [7, 11) is 3.05. The number of carbonyl (C=O) groups is 2. The summed E-state index contributed by atoms with van der Waals surface area (Å²) in [6.45, 7) is 3.35. The van der Waals surface area contributed by atoms with Crippen LogP contribution in [0.2, 0.25) is 0 Å². The van der Waals surface area contributed by atoms with Gasteiger partial charge in [-0.25, -0.2) is 0 Å². The molecule has 0 unspecified atom stereocenters. The van der Waals surface area contributed by atoms with Crippen LogP contribution in [0.5, 0.6) is 23.0 Å². The first-order chi connectivity index (χ1) is 15.1. The van der Waals surface area contributed by atoms with Gasteiger partial charge in [0.05, 0.1) is 14.2 Å². The van der Waals surface area contributed by atoms with Gasteiger partial charge in [0.15, 0.2) is 23.0 Å². The lowest BCUT2D eigenvalue weighted by molar-refractivity contribution is -0.144. The van der Waals surface area contributed by atoms with Crippen molar-refractivity contribution in [2.24, 2.45) is 0 Å². The Balaban J connectivity index is 1.29. The van der Waals surface area contributed by atoms with Crippen LogP contribution < -0.4 is 24.3 Å². The zero-order valence-electron chi connectivity index (χ0n) is 17.6. The first-order valence-corrected chi connectivity index (χ1v) is 10.0. The number of hydrogen-bond donors (Lipinski definition) is 1. The molecule has 9 nitrogen and oxygen atoms in total. The van der Waals surface area contributed by atoms with E-state index < -0.39 is 11.8 Å². The smallest absolute Gasteiger partial charge is 0.313 e. The minimum absolute atomic E-state index is 0.255. The lowest BCUT2D eigenvalue weighted by Crippen LogP contribution is -2.51. The molecule has 2 amide bonds. The summed E-state index contributed by atoms with van der Waals surface area (Å²) in [6, 6.07) is 10.9. The van der Waals surface area contributed by atoms with Crippen LogP contribution in [0.4, 0.5) is 5.69 Å². The number of fused-ring (bicyclic) bond motifs is 1. The lowest BCUT2D eigenvalue weighted by atomic mass is 10.1. The summed E-state index contributed by atoms with van der Waals surface area (Å²) in [4.78, 5) is 28.8. The molecule has 2 aromatic rings. The molecular weight excluding hydrogens is 402 g/mol. The molecule has 1 saturated heterocycles. The topological polar surface area (TPSA) is 89.6 Å². The summed E-state index contributed by atoms with van der Waals surface area (Å²) in [6.07, 6.45) is 0. The Morgan fingerprint density at radius 1 is 0.935 bits per heavy atom. The second kappa shape index (κ2) is 9.13. The maximum Gasteiger partial charge on any atom is 0.313 e. The number of methoxy groups -OCH3 is 2. The SMILES string of the molecule is COc1ccc(NC(=O)C(=O)N2CCN(Cc3ccc4c(c3)OCO4)CC2)cc1OC. The minimum atomic E-state index is -0.670. The van der Waals surface area contributed by atoms with Crippen molar-refractivity contribution in [1.82, 2.24) is 9.80 Å². The molecule has 0 aliphatic carbocycles. The van der Waals surface area contributed by atoms with E-state index in [-0.39, 0.29) is 6.79 Å². The van der Waals surface area contributed by atoms with Crippen LogP contribution in [0, 0.1) is 0 Å². The molecule has 2 heterocycles. The van der Waals surface area contributed by atoms with Crippen LogP contribution in [-0.2, 0) is 16.1 Å². The number of ether oxygens (including phenoxy) is 4. The van der Waals surface area contributed by atoms with E-state index in [0.29, 0.717) is 43.4 Å². The number of amides is 2. The number of nitrogens with zero attached hydrogens (tertiary/aromatic N) is 2. The van der Waals surface area contributed by atoms with Crippen molar-refractivity contribution >= 4 is 17.5 Å². The zero-order valence-corrected chi connectivity index (χ0v) is 17.6. The molecule has 0 bridgehead atoms. The Morgan fingerprint density at radius 2 is 1.68 bits per heavy atom. The summed E-state index contributed by atoms with van der Waals surface area (Å²) in [5, 5.41) is 2.63. The molecule has 2 aliphatic heterocycles. The van der Waals surface area contributed by atoms with Gasteiger partial charge < -0.3 is 29.2 Å². The van der Waals surface area contributed by atoms with Gasteiger partial charge >= 0.3 is 11.8 Å². The van der Waals surface area contributed by atoms with Gasteiger partial charge in [0, 0.05) is 44.5 Å². The maximum absolute atomic E-state index is 12.6. The van der Waals surface area contributed by atoms with E-state index in [2.05, 4.69) is 10.2 Å². The van der Waals surface area contributed by atoms with E-state index in [4.69, 9.17) is 18.9 Å². The van der Waals surface area contributed by atoms with Gasteiger partial charge in [-0.05, 0) is 29.8 Å². The largest absolute Gasteiger partial charge is 0.493 e. The van der Waals surface area contributed by atoms with Gasteiger partial charge in [-0.1, -0.05) is 6.07 Å². The summed E-state index contributed by atoms with van der Waals surface area (Å²) in [5.41, 5.74) is 1.59. The van der Waals surface area contributed by atoms with E-state index in [1.807, 2.05) is 18.2 Å². The maximum atomic E-state index is 12.6. The Hall–Kier alpha value is -3.46. The third-order valence-corrected chi connectivity index (χ3v) is 5.34. The molecule has 4 rings (SSSR count). The standard InChI is InChI=1S/C22H25N3O6/c1-28-17-6-4-16(12-19(17)29-2)23-21(26)22(27)25-9-7-24(8-10-25)13-15-3-5-18-20(11-15)31-14-30-18/h3-6,11-12H,7-10,13-14H2,1-2H3,(H,23,26). The third-order valence-electron chi connectivity index (χ3n) is 5.34. The molecule has 9 heteroatoms. The average molecular weight is 427 g/mol. The van der Waals surface area contributed by atoms with Crippen molar-refractivity contribution < 1.29 is 28.5 Å². The van der Waals surface area contributed by atoms with Gasteiger partial charge in [-0.2, -0.15) is 0 Å². The molecule has 0 aromatic heterocycles. The summed E-state index contributed by atoms with van der Waals surface area (Å²) >= 11 is 0. The molecule has 2 aromatic carbocycles. The zero-order chi connectivity index (χ0) is 21.8. The van der Waals surface area contributed by atoms with Gasteiger partial charge in [-0.3, -0.25) is 14.5 Å². The molecular formula is C22H25N3O6. The second-order valence-electron chi connectivity index (χ2n) is 7.28. The van der Waals surface area contributed by atoms with Crippen LogP contribution in [0.15, 0.2) is 36.4 Å². The minimum Gasteiger partial charge on any atom is -0.493 e. The molecule has 0 atom stereocenters. The predicted molar refractivity (Wildman–Crippen MR) is 113 cm³/mol. The number of anilines is 1. The van der Waals surface area contributed by atoms with Crippen LogP contribution in [-0.4, -0.2) is 68.8 Å². The van der Waals surface area contributed by atoms with Crippen molar-refractivity contribution in [3.8, 4) is 23.0 Å². The van der Waals surface area contributed by atoms with Crippen LogP contribution >= 0.6 is 0 Å². The highest BCUT2D eigenvalue weighted by Gasteiger charge is 2.26. The Kier molecular flexibility index (Phi) is 6.13. The van der Waals surface area contributed by atoms with Crippen molar-refractivity contribution in [1.29, 1.82) is 0 Å². The number of nitrogens with one attached hydrogen (secondary N) is 1. The highest BCUT2D eigenvalue weighted by molar-refractivity contribution is 6.39. The highest BCUT2D eigenvalue weighted by Crippen LogP contribution is 2.33. The molecule has 2 aliphatic rings. The van der Waals surface area contributed by atoms with Crippen LogP contribution in [0.1, 0.15) is 5.56 Å². The quantitative estimate of drug-likeness (QED) is 0.727. The fourth-order valence-corrected chi connectivity index (χ4v) is 3.65. The number of hydrogen-bond acceptors (Lipinski definition) is 7. The van der Waals surface area contributed by atoms with Crippen molar-refractivity contribution in [2.75, 3.05) is 52.5 Å². The number of carbonyl (C=O) groups excluding carboxylic acids is 2. The second-order valence-corrected chi connectivity index (χ2v) is 7.28. The van der Waals surface area contributed by atoms with Gasteiger partial charge in [0.2, 0.25) is 6.79 Å². The monoisotopic (exact) mass is 427 g/mol. The van der Waals surface area contributed by atoms with Crippen LogP contribution in [0.25, 0.3) is 0 Å². The summed E-state index contributed by atoms with van der Waals surface area (Å²) < 4.78 is 21.2. The van der Waals surface area contributed by atoms with Gasteiger partial charge in [-0.15, -0.1) is 0 Å². The Labute approximate surface area is 180 Å². The van der Waals surface area contributed by atoms with Crippen LogP contribution in [0.3, 0.4) is 0 Å². The summed E-state index contributed by atoms with van der Waals surface area (Å²) in [5.74, 6) is 1.34. The Bertz CT molecular complexity index is 972. The first kappa shape index (κ1) is 20.8. The lowest BCUT2D eigenvalue weighted by Gasteiger charge is -2.34. The van der Waals surface area contributed by atoms with Crippen molar-refractivity contribution in [2.45, 2.75) is 6.54 Å². The average Bonchev–Trinajstić information content (AvgIpc) is 3.27. The normalized spacial score (nSPS) is 15.5. The van der Waals surface area contributed by atoms with Crippen molar-refractivity contribution in [3.05, 3.63) is 42.0 Å². The first-order valence-electron chi connectivity index (χ1n) is 10.0. The predicted octanol–water partition coefficient (Wildman–Crippen LogP) is 1.72. The molecule has 164 valence electrons. The number of rotatable bonds is 5. The molecule has 0 saturated carbocycles. The number of benzene rings is 2. The van der Waals surface area contributed by atoms with E-state index in [0.717, 1.165) is 23.6 Å². The van der Waals surface area contributed by atoms with E-state index >= 15 is 0 Å². The molecule has 1 N–H and O–H groups in total. The number of piperazine rings is 1. The fourth-order valence-electron chi connectivity index (χ4n) is 3.65. The van der Waals surface area contributed by atoms with Crippen molar-refractivity contribution in [3.63, 3.8) is 0 Å². The Morgan fingerprint density at radius 3 is 2.42 bits per heavy atom. The molecule has 0 radical (unpaired) electrons. The van der Waals surface area contributed by atoms with Gasteiger partial charge in [0.25, 0.3) is 0 Å². The molecule has 31 heavy (non-hydrogen) atoms. The van der Waals surface area contributed by atoms with E-state index in [9.17, 15) is 9.59 Å². The third kappa shape index (κ3) is 4.66. The fraction of sp³-hybridized carbons (Fsp3) is 0.364. The molecule has 1 fully saturated rings.